The molecule has 3 atom stereocenters. The molecule has 3 amide bonds. The minimum atomic E-state index is -1.13. The Labute approximate surface area is 182 Å². The number of carboxylic acids is 1. The Hall–Kier alpha value is -1.85. The van der Waals surface area contributed by atoms with Crippen LogP contribution in [0.25, 0.3) is 0 Å². The van der Waals surface area contributed by atoms with Gasteiger partial charge in [-0.15, -0.1) is 0 Å². The van der Waals surface area contributed by atoms with Crippen molar-refractivity contribution >= 4 is 35.5 Å². The molecular formula is C19H37N5O5S. The van der Waals surface area contributed by atoms with Gasteiger partial charge in [0, 0.05) is 0 Å². The standard InChI is InChI=1S/C19H37N5O5S/c1-12(2)10-13(21)17(26)22-11-16(25)23-14(6-4-5-8-20)18(27)24-15(19(28)29)7-9-30-3/h12-15H,4-11,20-21H2,1-3H3,(H,22,26)(H,23,25)(H,24,27)(H,28,29). The number of nitrogens with two attached hydrogens (primary N) is 2. The molecule has 0 bridgehead atoms. The van der Waals surface area contributed by atoms with Gasteiger partial charge in [-0.05, 0) is 56.6 Å². The lowest BCUT2D eigenvalue weighted by Gasteiger charge is -2.22. The summed E-state index contributed by atoms with van der Waals surface area (Å²) in [5.74, 6) is -1.88. The van der Waals surface area contributed by atoms with Crippen molar-refractivity contribution in [2.24, 2.45) is 17.4 Å². The molecule has 11 heteroatoms. The zero-order valence-electron chi connectivity index (χ0n) is 18.1. The number of rotatable bonds is 16. The zero-order valence-corrected chi connectivity index (χ0v) is 18.9. The average Bonchev–Trinajstić information content (AvgIpc) is 2.67. The summed E-state index contributed by atoms with van der Waals surface area (Å²) >= 11 is 1.48. The maximum atomic E-state index is 12.6. The van der Waals surface area contributed by atoms with Crippen molar-refractivity contribution in [2.45, 2.75) is 64.1 Å². The minimum Gasteiger partial charge on any atom is -0.480 e. The third-order valence-electron chi connectivity index (χ3n) is 4.31. The highest BCUT2D eigenvalue weighted by Gasteiger charge is 2.26. The Morgan fingerprint density at radius 2 is 1.67 bits per heavy atom. The monoisotopic (exact) mass is 447 g/mol. The summed E-state index contributed by atoms with van der Waals surface area (Å²) in [5.41, 5.74) is 11.3. The smallest absolute Gasteiger partial charge is 0.326 e. The first kappa shape index (κ1) is 28.1. The molecule has 0 heterocycles. The fraction of sp³-hybridized carbons (Fsp3) is 0.789. The quantitative estimate of drug-likeness (QED) is 0.170. The largest absolute Gasteiger partial charge is 0.480 e. The predicted octanol–water partition coefficient (Wildman–Crippen LogP) is -0.588. The van der Waals surface area contributed by atoms with Crippen LogP contribution in [0.4, 0.5) is 0 Å². The first-order chi connectivity index (χ1) is 14.1. The second-order valence-electron chi connectivity index (χ2n) is 7.54. The number of carbonyl (C=O) groups is 4. The van der Waals surface area contributed by atoms with E-state index in [0.717, 1.165) is 0 Å². The van der Waals surface area contributed by atoms with Gasteiger partial charge in [-0.25, -0.2) is 4.79 Å². The molecule has 0 fully saturated rings. The maximum Gasteiger partial charge on any atom is 0.326 e. The van der Waals surface area contributed by atoms with Crippen LogP contribution in [0.2, 0.25) is 0 Å². The first-order valence-electron chi connectivity index (χ1n) is 10.2. The molecule has 10 nitrogen and oxygen atoms in total. The van der Waals surface area contributed by atoms with Crippen LogP contribution >= 0.6 is 11.8 Å². The number of nitrogens with one attached hydrogen (secondary N) is 3. The van der Waals surface area contributed by atoms with E-state index >= 15 is 0 Å². The van der Waals surface area contributed by atoms with Crippen LogP contribution in [0.15, 0.2) is 0 Å². The molecule has 0 saturated heterocycles. The van der Waals surface area contributed by atoms with E-state index in [4.69, 9.17) is 11.5 Å². The van der Waals surface area contributed by atoms with Crippen molar-refractivity contribution < 1.29 is 24.3 Å². The molecule has 8 N–H and O–H groups in total. The highest BCUT2D eigenvalue weighted by atomic mass is 32.2. The normalized spacial score (nSPS) is 13.9. The van der Waals surface area contributed by atoms with E-state index in [2.05, 4.69) is 16.0 Å². The Balaban J connectivity index is 4.85. The number of carbonyl (C=O) groups excluding carboxylic acids is 3. The van der Waals surface area contributed by atoms with E-state index in [1.807, 2.05) is 20.1 Å². The first-order valence-corrected chi connectivity index (χ1v) is 11.6. The second-order valence-corrected chi connectivity index (χ2v) is 8.52. The topological polar surface area (TPSA) is 177 Å². The molecule has 0 radical (unpaired) electrons. The summed E-state index contributed by atoms with van der Waals surface area (Å²) in [6.45, 7) is 4.00. The van der Waals surface area contributed by atoms with Gasteiger partial charge < -0.3 is 32.5 Å². The molecule has 0 spiro atoms. The van der Waals surface area contributed by atoms with E-state index in [-0.39, 0.29) is 18.9 Å². The number of aliphatic carboxylic acids is 1. The lowest BCUT2D eigenvalue weighted by molar-refractivity contribution is -0.142. The molecule has 0 aromatic carbocycles. The molecule has 0 aliphatic carbocycles. The van der Waals surface area contributed by atoms with Gasteiger partial charge >= 0.3 is 5.97 Å². The fourth-order valence-electron chi connectivity index (χ4n) is 2.69. The summed E-state index contributed by atoms with van der Waals surface area (Å²) in [6, 6.07) is -2.66. The summed E-state index contributed by atoms with van der Waals surface area (Å²) < 4.78 is 0. The number of carboxylic acid groups (broad SMARTS) is 1. The Bertz CT molecular complexity index is 561. The minimum absolute atomic E-state index is 0.239. The molecule has 0 rings (SSSR count). The summed E-state index contributed by atoms with van der Waals surface area (Å²) in [4.78, 5) is 48.2. The summed E-state index contributed by atoms with van der Waals surface area (Å²) in [6.07, 6.45) is 4.17. The molecular weight excluding hydrogens is 410 g/mol. The molecule has 174 valence electrons. The van der Waals surface area contributed by atoms with E-state index in [1.54, 1.807) is 0 Å². The van der Waals surface area contributed by atoms with Crippen LogP contribution in [0, 0.1) is 5.92 Å². The number of hydrogen-bond donors (Lipinski definition) is 6. The van der Waals surface area contributed by atoms with Gasteiger partial charge in [0.25, 0.3) is 0 Å². The third kappa shape index (κ3) is 12.7. The predicted molar refractivity (Wildman–Crippen MR) is 118 cm³/mol. The van der Waals surface area contributed by atoms with Crippen LogP contribution in [0.1, 0.15) is 46.0 Å². The fourth-order valence-corrected chi connectivity index (χ4v) is 3.16. The van der Waals surface area contributed by atoms with E-state index in [0.29, 0.717) is 38.0 Å². The zero-order chi connectivity index (χ0) is 23.1. The number of hydrogen-bond acceptors (Lipinski definition) is 7. The van der Waals surface area contributed by atoms with E-state index in [9.17, 15) is 24.3 Å². The molecule has 0 aromatic rings. The Morgan fingerprint density at radius 3 is 2.20 bits per heavy atom. The van der Waals surface area contributed by atoms with Gasteiger partial charge in [0.05, 0.1) is 12.6 Å². The maximum absolute atomic E-state index is 12.6. The number of amides is 3. The number of thioether (sulfide) groups is 1. The average molecular weight is 448 g/mol. The van der Waals surface area contributed by atoms with E-state index in [1.165, 1.54) is 11.8 Å². The molecule has 0 aliphatic heterocycles. The van der Waals surface area contributed by atoms with Crippen molar-refractivity contribution in [2.75, 3.05) is 25.1 Å². The van der Waals surface area contributed by atoms with Gasteiger partial charge in [-0.2, -0.15) is 11.8 Å². The molecule has 0 aliphatic rings. The second kappa shape index (κ2) is 15.9. The highest BCUT2D eigenvalue weighted by Crippen LogP contribution is 2.05. The Kier molecular flexibility index (Phi) is 14.9. The molecule has 0 saturated carbocycles. The lowest BCUT2D eigenvalue weighted by Crippen LogP contribution is -2.53. The van der Waals surface area contributed by atoms with Gasteiger partial charge in [-0.1, -0.05) is 13.8 Å². The highest BCUT2D eigenvalue weighted by molar-refractivity contribution is 7.98. The SMILES string of the molecule is CSCCC(NC(=O)C(CCCCN)NC(=O)CNC(=O)C(N)CC(C)C)C(=O)O. The van der Waals surface area contributed by atoms with Crippen LogP contribution in [0.5, 0.6) is 0 Å². The van der Waals surface area contributed by atoms with Crippen molar-refractivity contribution in [3.05, 3.63) is 0 Å². The molecule has 3 unspecified atom stereocenters. The van der Waals surface area contributed by atoms with Crippen LogP contribution in [-0.2, 0) is 19.2 Å². The molecule has 30 heavy (non-hydrogen) atoms. The molecule has 0 aromatic heterocycles. The summed E-state index contributed by atoms with van der Waals surface area (Å²) in [7, 11) is 0. The van der Waals surface area contributed by atoms with Crippen LogP contribution in [0.3, 0.4) is 0 Å². The van der Waals surface area contributed by atoms with Gasteiger partial charge in [-0.3, -0.25) is 14.4 Å². The van der Waals surface area contributed by atoms with Crippen molar-refractivity contribution in [1.29, 1.82) is 0 Å². The van der Waals surface area contributed by atoms with Crippen LogP contribution < -0.4 is 27.4 Å². The third-order valence-corrected chi connectivity index (χ3v) is 4.95. The van der Waals surface area contributed by atoms with Crippen molar-refractivity contribution in [3.63, 3.8) is 0 Å². The van der Waals surface area contributed by atoms with Crippen LogP contribution in [-0.4, -0.2) is 72.0 Å². The Morgan fingerprint density at radius 1 is 1.00 bits per heavy atom. The number of unbranched alkanes of at least 4 members (excludes halogenated alkanes) is 1. The van der Waals surface area contributed by atoms with Gasteiger partial charge in [0.2, 0.25) is 17.7 Å². The summed E-state index contributed by atoms with van der Waals surface area (Å²) in [5, 5.41) is 16.8. The van der Waals surface area contributed by atoms with Crippen molar-refractivity contribution in [1.82, 2.24) is 16.0 Å². The van der Waals surface area contributed by atoms with Gasteiger partial charge in [0.1, 0.15) is 12.1 Å². The van der Waals surface area contributed by atoms with Gasteiger partial charge in [0.15, 0.2) is 0 Å². The van der Waals surface area contributed by atoms with Crippen molar-refractivity contribution in [3.8, 4) is 0 Å². The van der Waals surface area contributed by atoms with E-state index < -0.39 is 41.8 Å². The lowest BCUT2D eigenvalue weighted by atomic mass is 10.0.